The quantitative estimate of drug-likeness (QED) is 0.539. The molecule has 1 aliphatic rings. The fourth-order valence-electron chi connectivity index (χ4n) is 3.24. The maximum atomic E-state index is 11.8. The molecule has 0 unspecified atom stereocenters. The Kier molecular flexibility index (Phi) is 7.29. The lowest BCUT2D eigenvalue weighted by Gasteiger charge is -2.37. The molecule has 29 heavy (non-hydrogen) atoms. The second-order valence-corrected chi connectivity index (χ2v) is 6.83. The zero-order chi connectivity index (χ0) is 20.6. The van der Waals surface area contributed by atoms with Crippen LogP contribution in [0.4, 0.5) is 0 Å². The Morgan fingerprint density at radius 2 is 1.62 bits per heavy atom. The number of hydrogen-bond acceptors (Lipinski definition) is 6. The molecule has 3 rings (SSSR count). The lowest BCUT2D eigenvalue weighted by molar-refractivity contribution is -0.559. The summed E-state index contributed by atoms with van der Waals surface area (Å²) in [5, 5.41) is 14.3. The molecule has 4 atom stereocenters. The van der Waals surface area contributed by atoms with Crippen molar-refractivity contribution in [1.29, 1.82) is 0 Å². The van der Waals surface area contributed by atoms with Gasteiger partial charge in [0.15, 0.2) is 6.10 Å². The van der Waals surface area contributed by atoms with Crippen molar-refractivity contribution < 1.29 is 23.9 Å². The fraction of sp³-hybridized carbons (Fsp3) is 0.381. The Hall–Kier alpha value is -2.81. The lowest BCUT2D eigenvalue weighted by Crippen LogP contribution is -2.62. The summed E-state index contributed by atoms with van der Waals surface area (Å²) in [6, 6.07) is 17.6. The number of carbonyl (C=O) groups is 1. The van der Waals surface area contributed by atoms with Crippen molar-refractivity contribution in [2.75, 3.05) is 6.61 Å². The van der Waals surface area contributed by atoms with E-state index in [0.717, 1.165) is 11.1 Å². The molecule has 2 aromatic rings. The highest BCUT2D eigenvalue weighted by molar-refractivity contribution is 5.73. The largest absolute Gasteiger partial charge is 0.368 e. The second kappa shape index (κ2) is 10.1. The zero-order valence-corrected chi connectivity index (χ0v) is 16.1. The van der Waals surface area contributed by atoms with Gasteiger partial charge in [-0.05, 0) is 11.1 Å². The summed E-state index contributed by atoms with van der Waals surface area (Å²) in [6.07, 6.45) is -2.63. The lowest BCUT2D eigenvalue weighted by atomic mass is 10.0. The minimum atomic E-state index is -1.29. The highest BCUT2D eigenvalue weighted by Crippen LogP contribution is 2.24. The third-order valence-corrected chi connectivity index (χ3v) is 4.63. The zero-order valence-electron chi connectivity index (χ0n) is 16.1. The van der Waals surface area contributed by atoms with Crippen LogP contribution in [0.1, 0.15) is 18.1 Å². The number of nitrogens with one attached hydrogen (secondary N) is 1. The van der Waals surface area contributed by atoms with E-state index in [-0.39, 0.29) is 19.8 Å². The average molecular weight is 400 g/mol. The number of nitro groups is 1. The van der Waals surface area contributed by atoms with Gasteiger partial charge in [-0.2, -0.15) is 0 Å². The molecular formula is C21H24N2O6. The molecule has 1 heterocycles. The third-order valence-electron chi connectivity index (χ3n) is 4.63. The van der Waals surface area contributed by atoms with Gasteiger partial charge in [0.1, 0.15) is 6.10 Å². The van der Waals surface area contributed by atoms with Gasteiger partial charge in [0, 0.05) is 11.8 Å². The van der Waals surface area contributed by atoms with Gasteiger partial charge in [-0.25, -0.2) is 0 Å². The van der Waals surface area contributed by atoms with E-state index >= 15 is 0 Å². The number of ether oxygens (including phenoxy) is 3. The maximum Gasteiger partial charge on any atom is 0.285 e. The molecule has 0 spiro atoms. The van der Waals surface area contributed by atoms with E-state index in [9.17, 15) is 14.9 Å². The summed E-state index contributed by atoms with van der Waals surface area (Å²) in [7, 11) is 0. The first-order valence-corrected chi connectivity index (χ1v) is 9.38. The molecule has 1 N–H and O–H groups in total. The van der Waals surface area contributed by atoms with Crippen molar-refractivity contribution in [3.63, 3.8) is 0 Å². The van der Waals surface area contributed by atoms with Crippen molar-refractivity contribution >= 4 is 5.91 Å². The van der Waals surface area contributed by atoms with Gasteiger partial charge in [-0.3, -0.25) is 14.9 Å². The molecule has 0 aromatic heterocycles. The van der Waals surface area contributed by atoms with Gasteiger partial charge in [0.25, 0.3) is 6.04 Å². The summed E-state index contributed by atoms with van der Waals surface area (Å²) in [6.45, 7) is 1.82. The molecule has 2 aromatic carbocycles. The van der Waals surface area contributed by atoms with Crippen molar-refractivity contribution in [3.05, 3.63) is 81.9 Å². The number of benzene rings is 2. The summed E-state index contributed by atoms with van der Waals surface area (Å²) >= 11 is 0. The summed E-state index contributed by atoms with van der Waals surface area (Å²) in [4.78, 5) is 22.8. The number of amides is 1. The van der Waals surface area contributed by atoms with Gasteiger partial charge in [-0.1, -0.05) is 60.7 Å². The Bertz CT molecular complexity index is 801. The number of carbonyl (C=O) groups excluding carboxylic acids is 1. The van der Waals surface area contributed by atoms with E-state index in [1.807, 2.05) is 60.7 Å². The molecular weight excluding hydrogens is 376 g/mol. The second-order valence-electron chi connectivity index (χ2n) is 6.83. The first-order valence-electron chi connectivity index (χ1n) is 9.38. The van der Waals surface area contributed by atoms with Crippen molar-refractivity contribution in [1.82, 2.24) is 5.32 Å². The van der Waals surface area contributed by atoms with Gasteiger partial charge >= 0.3 is 0 Å². The molecule has 0 saturated carbocycles. The minimum Gasteiger partial charge on any atom is -0.368 e. The van der Waals surface area contributed by atoms with Crippen molar-refractivity contribution in [2.24, 2.45) is 0 Å². The Labute approximate surface area is 168 Å². The van der Waals surface area contributed by atoms with E-state index in [1.54, 1.807) is 0 Å². The van der Waals surface area contributed by atoms with Crippen LogP contribution in [0.3, 0.4) is 0 Å². The van der Waals surface area contributed by atoms with Crippen LogP contribution >= 0.6 is 0 Å². The van der Waals surface area contributed by atoms with E-state index in [2.05, 4.69) is 5.32 Å². The van der Waals surface area contributed by atoms with Crippen LogP contribution in [-0.4, -0.2) is 41.9 Å². The molecule has 154 valence electrons. The predicted molar refractivity (Wildman–Crippen MR) is 104 cm³/mol. The topological polar surface area (TPSA) is 99.9 Å². The van der Waals surface area contributed by atoms with E-state index < -0.39 is 35.3 Å². The predicted octanol–water partition coefficient (Wildman–Crippen LogP) is 2.29. The maximum absolute atomic E-state index is 11.8. The van der Waals surface area contributed by atoms with Crippen molar-refractivity contribution in [3.8, 4) is 0 Å². The molecule has 1 saturated heterocycles. The third kappa shape index (κ3) is 5.83. The first-order chi connectivity index (χ1) is 14.0. The van der Waals surface area contributed by atoms with E-state index in [4.69, 9.17) is 14.2 Å². The van der Waals surface area contributed by atoms with Crippen LogP contribution in [0.25, 0.3) is 0 Å². The smallest absolute Gasteiger partial charge is 0.285 e. The molecule has 8 nitrogen and oxygen atoms in total. The Balaban J connectivity index is 1.76. The van der Waals surface area contributed by atoms with Gasteiger partial charge in [-0.15, -0.1) is 0 Å². The van der Waals surface area contributed by atoms with E-state index in [0.29, 0.717) is 0 Å². The summed E-state index contributed by atoms with van der Waals surface area (Å²) in [5.41, 5.74) is 1.83. The highest BCUT2D eigenvalue weighted by atomic mass is 16.6. The van der Waals surface area contributed by atoms with Gasteiger partial charge in [0.2, 0.25) is 12.1 Å². The van der Waals surface area contributed by atoms with Gasteiger partial charge in [0.05, 0.1) is 19.8 Å². The van der Waals surface area contributed by atoms with Gasteiger partial charge < -0.3 is 19.5 Å². The molecule has 8 heteroatoms. The molecule has 1 amide bonds. The average Bonchev–Trinajstić information content (AvgIpc) is 2.72. The molecule has 0 radical (unpaired) electrons. The van der Waals surface area contributed by atoms with Crippen molar-refractivity contribution in [2.45, 2.75) is 44.6 Å². The molecule has 0 bridgehead atoms. The van der Waals surface area contributed by atoms with Crippen LogP contribution in [0.2, 0.25) is 0 Å². The Morgan fingerprint density at radius 3 is 2.14 bits per heavy atom. The summed E-state index contributed by atoms with van der Waals surface area (Å²) in [5.74, 6) is -0.410. The van der Waals surface area contributed by atoms with E-state index in [1.165, 1.54) is 6.92 Å². The summed E-state index contributed by atoms with van der Waals surface area (Å²) < 4.78 is 17.5. The van der Waals surface area contributed by atoms with Crippen LogP contribution < -0.4 is 5.32 Å². The molecule has 0 aliphatic carbocycles. The van der Waals surface area contributed by atoms with Crippen LogP contribution in [0.15, 0.2) is 60.7 Å². The normalized spacial score (nSPS) is 24.0. The monoisotopic (exact) mass is 400 g/mol. The number of rotatable bonds is 8. The van der Waals surface area contributed by atoms with Crippen LogP contribution in [0, 0.1) is 10.1 Å². The number of nitrogens with zero attached hydrogens (tertiary/aromatic N) is 1. The minimum absolute atomic E-state index is 0.0710. The fourth-order valence-corrected chi connectivity index (χ4v) is 3.24. The van der Waals surface area contributed by atoms with Crippen LogP contribution in [-0.2, 0) is 32.2 Å². The number of hydrogen-bond donors (Lipinski definition) is 1. The SMILES string of the molecule is CC(=O)N[C@@H]1OC[C@H](OCc2ccccc2)[C@H](OCc2ccccc2)[C@@H]1[N+](=O)[O-]. The Morgan fingerprint density at radius 1 is 1.07 bits per heavy atom. The highest BCUT2D eigenvalue weighted by Gasteiger charge is 2.50. The van der Waals surface area contributed by atoms with Crippen LogP contribution in [0.5, 0.6) is 0 Å². The molecule has 1 aliphatic heterocycles. The first kappa shape index (κ1) is 20.9. The standard InChI is InChI=1S/C21H24N2O6/c1-15(24)22-21-19(23(25)26)20(28-13-17-10-6-3-7-11-17)18(14-29-21)27-12-16-8-4-2-5-9-16/h2-11,18-21H,12-14H2,1H3,(H,22,24)/t18-,19-,20-,21+/m0/s1. The molecule has 1 fully saturated rings.